The summed E-state index contributed by atoms with van der Waals surface area (Å²) in [6.07, 6.45) is 0.833. The minimum Gasteiger partial charge on any atom is -0.479 e. The second-order valence-electron chi connectivity index (χ2n) is 5.04. The Bertz CT molecular complexity index is 708. The Labute approximate surface area is 133 Å². The number of hydrogen-bond donors (Lipinski definition) is 1. The predicted molar refractivity (Wildman–Crippen MR) is 83.5 cm³/mol. The highest BCUT2D eigenvalue weighted by Crippen LogP contribution is 2.28. The van der Waals surface area contributed by atoms with Crippen LogP contribution in [0.3, 0.4) is 0 Å². The number of nitro benzene ring substituents is 1. The van der Waals surface area contributed by atoms with E-state index >= 15 is 0 Å². The van der Waals surface area contributed by atoms with Crippen LogP contribution in [-0.2, 0) is 6.61 Å². The second kappa shape index (κ2) is 7.44. The SMILES string of the molecule is CCCNC(=O)c1ccc(COc2ccc(C)cc2[N+](=O)[O-])o1. The number of nitro groups is 1. The quantitative estimate of drug-likeness (QED) is 0.625. The van der Waals surface area contributed by atoms with Crippen molar-refractivity contribution >= 4 is 11.6 Å². The topological polar surface area (TPSA) is 94.6 Å². The molecule has 7 heteroatoms. The van der Waals surface area contributed by atoms with Gasteiger partial charge in [-0.2, -0.15) is 0 Å². The summed E-state index contributed by atoms with van der Waals surface area (Å²) in [7, 11) is 0. The van der Waals surface area contributed by atoms with Crippen LogP contribution >= 0.6 is 0 Å². The summed E-state index contributed by atoms with van der Waals surface area (Å²) in [4.78, 5) is 22.3. The molecule has 2 aromatic rings. The van der Waals surface area contributed by atoms with Crippen molar-refractivity contribution in [2.24, 2.45) is 0 Å². The zero-order valence-electron chi connectivity index (χ0n) is 13.0. The number of rotatable bonds is 7. The van der Waals surface area contributed by atoms with Crippen LogP contribution < -0.4 is 10.1 Å². The highest BCUT2D eigenvalue weighted by Gasteiger charge is 2.16. The number of hydrogen-bond acceptors (Lipinski definition) is 5. The number of carbonyl (C=O) groups is 1. The van der Waals surface area contributed by atoms with E-state index in [1.807, 2.05) is 6.92 Å². The molecule has 122 valence electrons. The fourth-order valence-corrected chi connectivity index (χ4v) is 1.94. The van der Waals surface area contributed by atoms with Gasteiger partial charge in [-0.25, -0.2) is 0 Å². The van der Waals surface area contributed by atoms with Crippen molar-refractivity contribution in [1.82, 2.24) is 5.32 Å². The maximum absolute atomic E-state index is 11.7. The molecule has 1 amide bonds. The fourth-order valence-electron chi connectivity index (χ4n) is 1.94. The molecule has 23 heavy (non-hydrogen) atoms. The molecular formula is C16H18N2O5. The van der Waals surface area contributed by atoms with Gasteiger partial charge in [0, 0.05) is 12.6 Å². The first kappa shape index (κ1) is 16.5. The van der Waals surface area contributed by atoms with Crippen LogP contribution in [0.5, 0.6) is 5.75 Å². The lowest BCUT2D eigenvalue weighted by Crippen LogP contribution is -2.23. The largest absolute Gasteiger partial charge is 0.479 e. The number of nitrogens with one attached hydrogen (secondary N) is 1. The zero-order valence-corrected chi connectivity index (χ0v) is 13.0. The van der Waals surface area contributed by atoms with Gasteiger partial charge in [-0.3, -0.25) is 14.9 Å². The monoisotopic (exact) mass is 318 g/mol. The predicted octanol–water partition coefficient (Wildman–Crippen LogP) is 3.22. The lowest BCUT2D eigenvalue weighted by molar-refractivity contribution is -0.386. The summed E-state index contributed by atoms with van der Waals surface area (Å²) in [5.41, 5.74) is 0.675. The third kappa shape index (κ3) is 4.32. The molecule has 0 aliphatic rings. The molecule has 1 aromatic carbocycles. The highest BCUT2D eigenvalue weighted by molar-refractivity contribution is 5.91. The number of ether oxygens (including phenoxy) is 1. The molecule has 7 nitrogen and oxygen atoms in total. The molecule has 1 aromatic heterocycles. The van der Waals surface area contributed by atoms with Crippen LogP contribution in [0.2, 0.25) is 0 Å². The minimum atomic E-state index is -0.492. The first-order valence-corrected chi connectivity index (χ1v) is 7.26. The van der Waals surface area contributed by atoms with Crippen molar-refractivity contribution in [3.05, 3.63) is 57.5 Å². The molecule has 0 unspecified atom stereocenters. The van der Waals surface area contributed by atoms with Gasteiger partial charge in [0.15, 0.2) is 11.5 Å². The van der Waals surface area contributed by atoms with Crippen molar-refractivity contribution in [2.75, 3.05) is 6.54 Å². The Morgan fingerprint density at radius 1 is 1.35 bits per heavy atom. The lowest BCUT2D eigenvalue weighted by atomic mass is 10.2. The van der Waals surface area contributed by atoms with E-state index in [1.165, 1.54) is 6.07 Å². The Hall–Kier alpha value is -2.83. The summed E-state index contributed by atoms with van der Waals surface area (Å²) >= 11 is 0. The number of carbonyl (C=O) groups excluding carboxylic acids is 1. The third-order valence-electron chi connectivity index (χ3n) is 3.10. The van der Waals surface area contributed by atoms with Crippen LogP contribution in [0.15, 0.2) is 34.7 Å². The maximum atomic E-state index is 11.7. The summed E-state index contributed by atoms with van der Waals surface area (Å²) in [6, 6.07) is 7.88. The van der Waals surface area contributed by atoms with Crippen molar-refractivity contribution < 1.29 is 18.9 Å². The number of amides is 1. The van der Waals surface area contributed by atoms with Gasteiger partial charge in [0.05, 0.1) is 4.92 Å². The van der Waals surface area contributed by atoms with Gasteiger partial charge in [-0.05, 0) is 37.1 Å². The summed E-state index contributed by atoms with van der Waals surface area (Å²) in [6.45, 7) is 4.30. The van der Waals surface area contributed by atoms with E-state index < -0.39 is 4.92 Å². The van der Waals surface area contributed by atoms with Crippen LogP contribution in [0.1, 0.15) is 35.2 Å². The Morgan fingerprint density at radius 3 is 2.83 bits per heavy atom. The van der Waals surface area contributed by atoms with Crippen LogP contribution in [0.25, 0.3) is 0 Å². The lowest BCUT2D eigenvalue weighted by Gasteiger charge is -2.06. The first-order chi connectivity index (χ1) is 11.0. The molecule has 0 spiro atoms. The average Bonchev–Trinajstić information content (AvgIpc) is 3.00. The van der Waals surface area contributed by atoms with E-state index in [0.29, 0.717) is 12.3 Å². The van der Waals surface area contributed by atoms with Gasteiger partial charge in [0.1, 0.15) is 12.4 Å². The Balaban J connectivity index is 2.03. The number of aryl methyl sites for hydroxylation is 1. The van der Waals surface area contributed by atoms with Crippen LogP contribution in [-0.4, -0.2) is 17.4 Å². The van der Waals surface area contributed by atoms with Gasteiger partial charge < -0.3 is 14.5 Å². The van der Waals surface area contributed by atoms with Gasteiger partial charge in [-0.15, -0.1) is 0 Å². The number of benzene rings is 1. The van der Waals surface area contributed by atoms with Crippen LogP contribution in [0.4, 0.5) is 5.69 Å². The molecule has 0 fully saturated rings. The van der Waals surface area contributed by atoms with Gasteiger partial charge >= 0.3 is 5.69 Å². The molecule has 0 atom stereocenters. The summed E-state index contributed by atoms with van der Waals surface area (Å²) in [5, 5.41) is 13.7. The molecule has 0 saturated carbocycles. The van der Waals surface area contributed by atoms with Gasteiger partial charge in [-0.1, -0.05) is 13.0 Å². The third-order valence-corrected chi connectivity index (χ3v) is 3.10. The number of nitrogens with zero attached hydrogens (tertiary/aromatic N) is 1. The minimum absolute atomic E-state index is 0.00492. The molecule has 0 radical (unpaired) electrons. The van der Waals surface area contributed by atoms with Crippen molar-refractivity contribution in [3.8, 4) is 5.75 Å². The number of furan rings is 1. The van der Waals surface area contributed by atoms with Crippen LogP contribution in [0, 0.1) is 17.0 Å². The summed E-state index contributed by atoms with van der Waals surface area (Å²) < 4.78 is 10.8. The van der Waals surface area contributed by atoms with E-state index in [1.54, 1.807) is 31.2 Å². The standard InChI is InChI=1S/C16H18N2O5/c1-3-8-17-16(19)15-7-5-12(23-15)10-22-14-6-4-11(2)9-13(14)18(20)21/h4-7,9H,3,8,10H2,1-2H3,(H,17,19). The van der Waals surface area contributed by atoms with Crippen molar-refractivity contribution in [1.29, 1.82) is 0 Å². The highest BCUT2D eigenvalue weighted by atomic mass is 16.6. The fraction of sp³-hybridized carbons (Fsp3) is 0.312. The summed E-state index contributed by atoms with van der Waals surface area (Å²) in [5.74, 6) is 0.477. The molecule has 0 saturated heterocycles. The van der Waals surface area contributed by atoms with E-state index in [0.717, 1.165) is 12.0 Å². The molecule has 1 N–H and O–H groups in total. The van der Waals surface area contributed by atoms with E-state index in [-0.39, 0.29) is 29.7 Å². The van der Waals surface area contributed by atoms with Crippen molar-refractivity contribution in [2.45, 2.75) is 26.9 Å². The maximum Gasteiger partial charge on any atom is 0.311 e. The second-order valence-corrected chi connectivity index (χ2v) is 5.04. The molecule has 2 rings (SSSR count). The van der Waals surface area contributed by atoms with E-state index in [9.17, 15) is 14.9 Å². The first-order valence-electron chi connectivity index (χ1n) is 7.26. The molecular weight excluding hydrogens is 300 g/mol. The van der Waals surface area contributed by atoms with E-state index in [2.05, 4.69) is 5.32 Å². The molecule has 0 aliphatic heterocycles. The Kier molecular flexibility index (Phi) is 5.35. The molecule has 1 heterocycles. The van der Waals surface area contributed by atoms with Crippen molar-refractivity contribution in [3.63, 3.8) is 0 Å². The zero-order chi connectivity index (χ0) is 16.8. The average molecular weight is 318 g/mol. The normalized spacial score (nSPS) is 10.3. The Morgan fingerprint density at radius 2 is 2.13 bits per heavy atom. The van der Waals surface area contributed by atoms with E-state index in [4.69, 9.17) is 9.15 Å². The van der Waals surface area contributed by atoms with Gasteiger partial charge in [0.2, 0.25) is 0 Å². The molecule has 0 aliphatic carbocycles. The smallest absolute Gasteiger partial charge is 0.311 e. The molecule has 0 bridgehead atoms. The van der Waals surface area contributed by atoms with Gasteiger partial charge in [0.25, 0.3) is 5.91 Å².